The van der Waals surface area contributed by atoms with Gasteiger partial charge in [0.2, 0.25) is 17.7 Å². The third-order valence-electron chi connectivity index (χ3n) is 3.62. The fourth-order valence-electron chi connectivity index (χ4n) is 2.31. The van der Waals surface area contributed by atoms with Crippen molar-refractivity contribution in [2.45, 2.75) is 25.3 Å². The summed E-state index contributed by atoms with van der Waals surface area (Å²) in [7, 11) is 1.33. The zero-order valence-corrected chi connectivity index (χ0v) is 15.6. The van der Waals surface area contributed by atoms with E-state index in [9.17, 15) is 9.59 Å². The van der Waals surface area contributed by atoms with Gasteiger partial charge < -0.3 is 14.5 Å². The molecule has 0 aliphatic heterocycles. The van der Waals surface area contributed by atoms with Crippen molar-refractivity contribution in [3.05, 3.63) is 45.1 Å². The molecule has 0 aliphatic carbocycles. The maximum atomic E-state index is 12.3. The quantitative estimate of drug-likeness (QED) is 0.593. The number of nitrogens with zero attached hydrogens (tertiary/aromatic N) is 2. The maximum Gasteiger partial charge on any atom is 0.307 e. The number of nitrogens with one attached hydrogen (secondary N) is 1. The standard InChI is InChI=1S/C17H17N3O4S2/c1-23-16(22)9-12(13-3-2-7-26-13)18-14(21)4-5-15-19-20-17(24-15)11-6-8-25-10-11/h2-3,6-8,10,12H,4-5,9H2,1H3,(H,18,21). The third-order valence-corrected chi connectivity index (χ3v) is 5.29. The van der Waals surface area contributed by atoms with E-state index in [0.29, 0.717) is 18.2 Å². The first kappa shape index (κ1) is 18.3. The average molecular weight is 391 g/mol. The highest BCUT2D eigenvalue weighted by molar-refractivity contribution is 7.10. The van der Waals surface area contributed by atoms with Crippen LogP contribution in [0.5, 0.6) is 0 Å². The highest BCUT2D eigenvalue weighted by Crippen LogP contribution is 2.23. The second-order valence-corrected chi connectivity index (χ2v) is 7.19. The van der Waals surface area contributed by atoms with Crippen molar-refractivity contribution in [1.29, 1.82) is 0 Å². The zero-order chi connectivity index (χ0) is 18.4. The number of rotatable bonds is 8. The van der Waals surface area contributed by atoms with Gasteiger partial charge in [-0.1, -0.05) is 6.07 Å². The first-order valence-electron chi connectivity index (χ1n) is 7.90. The van der Waals surface area contributed by atoms with E-state index in [2.05, 4.69) is 15.5 Å². The van der Waals surface area contributed by atoms with E-state index in [-0.39, 0.29) is 24.7 Å². The van der Waals surface area contributed by atoms with Crippen LogP contribution in [0.2, 0.25) is 0 Å². The number of esters is 1. The molecule has 0 saturated heterocycles. The molecule has 0 bridgehead atoms. The molecule has 1 unspecified atom stereocenters. The zero-order valence-electron chi connectivity index (χ0n) is 14.0. The van der Waals surface area contributed by atoms with Crippen LogP contribution >= 0.6 is 22.7 Å². The van der Waals surface area contributed by atoms with Gasteiger partial charge in [-0.15, -0.1) is 21.5 Å². The Bertz CT molecular complexity index is 843. The van der Waals surface area contributed by atoms with Gasteiger partial charge in [-0.2, -0.15) is 11.3 Å². The molecule has 0 saturated carbocycles. The van der Waals surface area contributed by atoms with Crippen molar-refractivity contribution in [2.24, 2.45) is 0 Å². The number of ether oxygens (including phenoxy) is 1. The van der Waals surface area contributed by atoms with Crippen LogP contribution < -0.4 is 5.32 Å². The topological polar surface area (TPSA) is 94.3 Å². The Balaban J connectivity index is 1.56. The summed E-state index contributed by atoms with van der Waals surface area (Å²) in [4.78, 5) is 24.8. The van der Waals surface area contributed by atoms with E-state index in [4.69, 9.17) is 9.15 Å². The highest BCUT2D eigenvalue weighted by atomic mass is 32.1. The van der Waals surface area contributed by atoms with Crippen molar-refractivity contribution < 1.29 is 18.7 Å². The van der Waals surface area contributed by atoms with Gasteiger partial charge in [0, 0.05) is 28.7 Å². The van der Waals surface area contributed by atoms with E-state index >= 15 is 0 Å². The van der Waals surface area contributed by atoms with Crippen LogP contribution in [0.25, 0.3) is 11.5 Å². The van der Waals surface area contributed by atoms with Gasteiger partial charge in [-0.3, -0.25) is 9.59 Å². The largest absolute Gasteiger partial charge is 0.469 e. The maximum absolute atomic E-state index is 12.3. The predicted octanol–water partition coefficient (Wildman–Crippen LogP) is 3.21. The summed E-state index contributed by atoms with van der Waals surface area (Å²) in [6, 6.07) is 5.25. The molecule has 136 valence electrons. The van der Waals surface area contributed by atoms with E-state index in [1.807, 2.05) is 34.3 Å². The Morgan fingerprint density at radius 3 is 2.88 bits per heavy atom. The van der Waals surface area contributed by atoms with Gasteiger partial charge in [0.05, 0.1) is 19.6 Å². The molecule has 0 spiro atoms. The lowest BCUT2D eigenvalue weighted by Gasteiger charge is -2.16. The van der Waals surface area contributed by atoms with Gasteiger partial charge in [-0.05, 0) is 22.9 Å². The molecule has 7 nitrogen and oxygen atoms in total. The second-order valence-electron chi connectivity index (χ2n) is 5.43. The van der Waals surface area contributed by atoms with Gasteiger partial charge in [0.25, 0.3) is 0 Å². The summed E-state index contributed by atoms with van der Waals surface area (Å²) in [6.07, 6.45) is 0.609. The molecule has 0 radical (unpaired) electrons. The van der Waals surface area contributed by atoms with Crippen LogP contribution in [0.15, 0.2) is 38.8 Å². The number of carbonyl (C=O) groups is 2. The highest BCUT2D eigenvalue weighted by Gasteiger charge is 2.20. The fraction of sp³-hybridized carbons (Fsp3) is 0.294. The van der Waals surface area contributed by atoms with E-state index < -0.39 is 6.04 Å². The number of carbonyl (C=O) groups excluding carboxylic acids is 2. The van der Waals surface area contributed by atoms with E-state index in [0.717, 1.165) is 10.4 Å². The van der Waals surface area contributed by atoms with E-state index in [1.165, 1.54) is 18.4 Å². The molecule has 1 N–H and O–H groups in total. The van der Waals surface area contributed by atoms with Crippen LogP contribution in [0.3, 0.4) is 0 Å². The smallest absolute Gasteiger partial charge is 0.307 e. The SMILES string of the molecule is COC(=O)CC(NC(=O)CCc1nnc(-c2ccsc2)o1)c1cccs1. The lowest BCUT2D eigenvalue weighted by molar-refractivity contribution is -0.141. The van der Waals surface area contributed by atoms with Gasteiger partial charge in [0.15, 0.2) is 0 Å². The van der Waals surface area contributed by atoms with Crippen molar-refractivity contribution in [2.75, 3.05) is 7.11 Å². The number of methoxy groups -OCH3 is 1. The van der Waals surface area contributed by atoms with Gasteiger partial charge in [0.1, 0.15) is 0 Å². The summed E-state index contributed by atoms with van der Waals surface area (Å²) in [6.45, 7) is 0. The third kappa shape index (κ3) is 4.77. The lowest BCUT2D eigenvalue weighted by Crippen LogP contribution is -2.30. The van der Waals surface area contributed by atoms with Crippen molar-refractivity contribution in [1.82, 2.24) is 15.5 Å². The molecular weight excluding hydrogens is 374 g/mol. The molecule has 0 aliphatic rings. The monoisotopic (exact) mass is 391 g/mol. The minimum absolute atomic E-state index is 0.0889. The second kappa shape index (κ2) is 8.72. The summed E-state index contributed by atoms with van der Waals surface area (Å²) < 4.78 is 10.3. The Morgan fingerprint density at radius 1 is 1.31 bits per heavy atom. The number of hydrogen-bond acceptors (Lipinski definition) is 8. The minimum Gasteiger partial charge on any atom is -0.469 e. The molecule has 3 aromatic heterocycles. The summed E-state index contributed by atoms with van der Waals surface area (Å²) in [5, 5.41) is 16.6. The first-order chi connectivity index (χ1) is 12.7. The van der Waals surface area contributed by atoms with Crippen LogP contribution in [0, 0.1) is 0 Å². The number of aryl methyl sites for hydroxylation is 1. The Morgan fingerprint density at radius 2 is 2.19 bits per heavy atom. The minimum atomic E-state index is -0.404. The molecule has 3 rings (SSSR count). The first-order valence-corrected chi connectivity index (χ1v) is 9.72. The Labute approximate surface area is 158 Å². The molecule has 1 atom stereocenters. The molecule has 9 heteroatoms. The van der Waals surface area contributed by atoms with E-state index in [1.54, 1.807) is 11.3 Å². The van der Waals surface area contributed by atoms with Crippen molar-refractivity contribution >= 4 is 34.6 Å². The number of amides is 1. The van der Waals surface area contributed by atoms with Crippen molar-refractivity contribution in [3.8, 4) is 11.5 Å². The van der Waals surface area contributed by atoms with Crippen LogP contribution in [0.1, 0.15) is 29.7 Å². The molecule has 3 heterocycles. The molecule has 3 aromatic rings. The lowest BCUT2D eigenvalue weighted by atomic mass is 10.1. The number of thiophene rings is 2. The van der Waals surface area contributed by atoms with Crippen LogP contribution in [-0.4, -0.2) is 29.2 Å². The van der Waals surface area contributed by atoms with Crippen LogP contribution in [-0.2, 0) is 20.7 Å². The summed E-state index contributed by atoms with van der Waals surface area (Å²) in [5.74, 6) is 0.286. The number of aromatic nitrogens is 2. The molecule has 1 amide bonds. The molecular formula is C17H17N3O4S2. The summed E-state index contributed by atoms with van der Waals surface area (Å²) >= 11 is 3.02. The molecule has 26 heavy (non-hydrogen) atoms. The van der Waals surface area contributed by atoms with Crippen LogP contribution in [0.4, 0.5) is 0 Å². The Hall–Kier alpha value is -2.52. The fourth-order valence-corrected chi connectivity index (χ4v) is 3.71. The summed E-state index contributed by atoms with van der Waals surface area (Å²) in [5.41, 5.74) is 0.869. The van der Waals surface area contributed by atoms with Gasteiger partial charge in [-0.25, -0.2) is 0 Å². The average Bonchev–Trinajstić information content (AvgIpc) is 3.41. The predicted molar refractivity (Wildman–Crippen MR) is 97.8 cm³/mol. The number of hydrogen-bond donors (Lipinski definition) is 1. The molecule has 0 fully saturated rings. The normalized spacial score (nSPS) is 11.9. The Kier molecular flexibility index (Phi) is 6.13. The van der Waals surface area contributed by atoms with Crippen molar-refractivity contribution in [3.63, 3.8) is 0 Å². The van der Waals surface area contributed by atoms with Gasteiger partial charge >= 0.3 is 5.97 Å². The molecule has 0 aromatic carbocycles.